The van der Waals surface area contributed by atoms with Crippen LogP contribution in [0.1, 0.15) is 113 Å². The van der Waals surface area contributed by atoms with Gasteiger partial charge in [-0.1, -0.05) is 60.1 Å². The van der Waals surface area contributed by atoms with Crippen LogP contribution in [-0.2, 0) is 71.1 Å². The summed E-state index contributed by atoms with van der Waals surface area (Å²) in [5.74, 6) is -1.03. The van der Waals surface area contributed by atoms with Gasteiger partial charge in [0, 0.05) is 0 Å². The summed E-state index contributed by atoms with van der Waals surface area (Å²) in [6.45, 7) is 10.1. The van der Waals surface area contributed by atoms with Gasteiger partial charge in [-0.15, -0.1) is 0 Å². The molecule has 0 bridgehead atoms. The normalized spacial score (nSPS) is 53.8. The van der Waals surface area contributed by atoms with E-state index >= 15 is 4.79 Å². The van der Waals surface area contributed by atoms with Gasteiger partial charge in [0.05, 0.1) is 57.8 Å². The highest BCUT2D eigenvalue weighted by atomic mass is 16.8. The fraction of sp³-hybridized carbons (Fsp3) is 0.958. The summed E-state index contributed by atoms with van der Waals surface area (Å²) in [5, 5.41) is 239. The molecule has 11 fully saturated rings. The van der Waals surface area contributed by atoms with Crippen molar-refractivity contribution in [3.63, 3.8) is 0 Å². The molecule has 22 N–H and O–H groups in total. The van der Waals surface area contributed by atoms with Gasteiger partial charge >= 0.3 is 5.97 Å². The van der Waals surface area contributed by atoms with Gasteiger partial charge in [-0.25, -0.2) is 0 Å². The highest BCUT2D eigenvalue weighted by Gasteiger charge is 2.71. The van der Waals surface area contributed by atoms with Crippen molar-refractivity contribution in [1.82, 2.24) is 0 Å². The number of esters is 1. The first kappa shape index (κ1) is 85.2. The van der Waals surface area contributed by atoms with E-state index in [1.54, 1.807) is 0 Å². The first-order valence-electron chi connectivity index (χ1n) is 37.8. The minimum atomic E-state index is -2.14. The molecule has 7 heterocycles. The number of aliphatic hydroxyl groups is 22. The molecule has 7 aliphatic heterocycles. The van der Waals surface area contributed by atoms with Crippen LogP contribution >= 0.6 is 0 Å². The molecule has 0 amide bonds. The topological polar surface area (TPSA) is 591 Å². The van der Waals surface area contributed by atoms with E-state index in [1.807, 2.05) is 0 Å². The summed E-state index contributed by atoms with van der Waals surface area (Å²) in [4.78, 5) is 15.3. The van der Waals surface area contributed by atoms with E-state index in [1.165, 1.54) is 0 Å². The Balaban J connectivity index is 0.793. The molecule has 7 saturated heterocycles. The Morgan fingerprint density at radius 2 is 0.843 bits per heavy atom. The van der Waals surface area contributed by atoms with Gasteiger partial charge in [-0.05, 0) is 109 Å². The van der Waals surface area contributed by atoms with E-state index in [9.17, 15) is 112 Å². The molecule has 12 aliphatic rings. The predicted molar refractivity (Wildman–Crippen MR) is 355 cm³/mol. The van der Waals surface area contributed by atoms with Crippen molar-refractivity contribution in [2.24, 2.45) is 50.2 Å². The fourth-order valence-electron chi connectivity index (χ4n) is 20.5. The molecule has 12 rings (SSSR count). The molecule has 0 radical (unpaired) electrons. The predicted octanol–water partition coefficient (Wildman–Crippen LogP) is -7.92. The molecule has 0 unspecified atom stereocenters. The minimum Gasteiger partial charge on any atom is -0.432 e. The second-order valence-corrected chi connectivity index (χ2v) is 34.3. The maximum absolute atomic E-state index is 15.3. The maximum atomic E-state index is 15.3. The van der Waals surface area contributed by atoms with Gasteiger partial charge in [0.25, 0.3) is 0 Å². The zero-order chi connectivity index (χ0) is 78.7. The zero-order valence-corrected chi connectivity index (χ0v) is 61.5. The van der Waals surface area contributed by atoms with Gasteiger partial charge < -0.3 is 179 Å². The van der Waals surface area contributed by atoms with E-state index in [-0.39, 0.29) is 28.6 Å². The lowest BCUT2D eigenvalue weighted by molar-refractivity contribution is -0.398. The van der Waals surface area contributed by atoms with E-state index in [0.29, 0.717) is 57.8 Å². The Morgan fingerprint density at radius 3 is 1.36 bits per heavy atom. The van der Waals surface area contributed by atoms with Crippen molar-refractivity contribution < 1.29 is 183 Å². The van der Waals surface area contributed by atoms with Crippen molar-refractivity contribution in [3.8, 4) is 0 Å². The molecule has 0 aromatic carbocycles. The third-order valence-electron chi connectivity index (χ3n) is 27.3. The smallest absolute Gasteiger partial charge is 0.315 e. The van der Waals surface area contributed by atoms with E-state index in [0.717, 1.165) is 12.0 Å². The van der Waals surface area contributed by atoms with Crippen LogP contribution in [0.15, 0.2) is 11.6 Å². The van der Waals surface area contributed by atoms with Gasteiger partial charge in [0.1, 0.15) is 165 Å². The summed E-state index contributed by atoms with van der Waals surface area (Å²) in [6.07, 6.45) is -54.4. The maximum Gasteiger partial charge on any atom is 0.315 e. The van der Waals surface area contributed by atoms with E-state index < -0.39 is 289 Å². The largest absolute Gasteiger partial charge is 0.432 e. The van der Waals surface area contributed by atoms with Crippen LogP contribution in [0.4, 0.5) is 0 Å². The highest BCUT2D eigenvalue weighted by molar-refractivity contribution is 5.79. The number of fused-ring (bicyclic) bond motifs is 7. The number of carbonyl (C=O) groups excluding carboxylic acids is 1. The third-order valence-corrected chi connectivity index (χ3v) is 27.3. The third kappa shape index (κ3) is 15.1. The number of rotatable bonds is 20. The van der Waals surface area contributed by atoms with Gasteiger partial charge in [0.2, 0.25) is 6.29 Å². The van der Waals surface area contributed by atoms with Gasteiger partial charge in [-0.3, -0.25) is 4.79 Å². The summed E-state index contributed by atoms with van der Waals surface area (Å²) in [6, 6.07) is 0. The second-order valence-electron chi connectivity index (χ2n) is 34.3. The molecule has 0 spiro atoms. The van der Waals surface area contributed by atoms with Crippen LogP contribution in [0.3, 0.4) is 0 Å². The monoisotopic (exact) mass is 1560 g/mol. The summed E-state index contributed by atoms with van der Waals surface area (Å²) in [5.41, 5.74) is -2.21. The molecule has 4 saturated carbocycles. The highest BCUT2D eigenvalue weighted by Crippen LogP contribution is 2.76. The van der Waals surface area contributed by atoms with Crippen molar-refractivity contribution >= 4 is 5.97 Å². The minimum absolute atomic E-state index is 0.0468. The van der Waals surface area contributed by atoms with Gasteiger partial charge in [-0.2, -0.15) is 0 Å². The van der Waals surface area contributed by atoms with Crippen LogP contribution in [0.5, 0.6) is 0 Å². The second kappa shape index (κ2) is 32.7. The van der Waals surface area contributed by atoms with Crippen LogP contribution in [-0.4, -0.2) is 380 Å². The first-order valence-corrected chi connectivity index (χ1v) is 37.8. The number of ether oxygens (including phenoxy) is 14. The Bertz CT molecular complexity index is 3040. The lowest BCUT2D eigenvalue weighted by Crippen LogP contribution is -2.68. The Hall–Kier alpha value is -2.19. The van der Waals surface area contributed by atoms with E-state index in [4.69, 9.17) is 66.3 Å². The van der Waals surface area contributed by atoms with Crippen LogP contribution in [0.2, 0.25) is 0 Å². The number of aliphatic hydroxyl groups excluding tert-OH is 22. The first-order chi connectivity index (χ1) is 50.8. The average Bonchev–Trinajstić information content (AvgIpc) is 0.674. The van der Waals surface area contributed by atoms with Crippen LogP contribution in [0, 0.1) is 50.2 Å². The van der Waals surface area contributed by atoms with E-state index in [2.05, 4.69) is 54.5 Å². The molecular weight excluding hydrogens is 1440 g/mol. The lowest BCUT2D eigenvalue weighted by atomic mass is 9.33. The number of allylic oxidation sites excluding steroid dienone is 2. The molecule has 37 nitrogen and oxygen atoms in total. The molecular formula is C71H116O37. The molecule has 37 heteroatoms. The molecule has 0 aromatic heterocycles. The molecule has 5 aliphatic carbocycles. The number of hydrogen-bond donors (Lipinski definition) is 22. The van der Waals surface area contributed by atoms with Crippen LogP contribution < -0.4 is 0 Å². The fourth-order valence-corrected chi connectivity index (χ4v) is 20.5. The Labute approximate surface area is 623 Å². The van der Waals surface area contributed by atoms with Gasteiger partial charge in [0.15, 0.2) is 37.7 Å². The Morgan fingerprint density at radius 1 is 0.417 bits per heavy atom. The SMILES string of the molecule is CC1(C)CC[C@]2(C(=O)O[C@@H]3O[C@H](CO[C@@H]4O[C@H](CO)[C@@H](O)[C@H](O)[C@H]4O)[C@@H](O)[C@H](O)[C@H]3O)CC[C@]3(C)C(=CC[C@@H]4[C@@]5(C)CC[C@H](O[C@@H]6OC[C@H](O)[C@H](O[C@@H]7O[C@H](CO)[C@@H](O)[C@H](O[C@@H]8O[C@H](CO)[C@@H](O)[C@H](O)[C@H]8O)[C@H]7O)[C@H]6O[C@@H]6O[C@H](CO[C@@H]7O[C@H](CO)[C@@H](O)[C@H](O)[C@H]7O)[C@@H](O)[C@H](O)[C@H]6O)C(C)(C)[C@@H]5CC[C@]43C)[C@@H]2C1. The summed E-state index contributed by atoms with van der Waals surface area (Å²) < 4.78 is 84.3. The summed E-state index contributed by atoms with van der Waals surface area (Å²) in [7, 11) is 0. The summed E-state index contributed by atoms with van der Waals surface area (Å²) >= 11 is 0. The quantitative estimate of drug-likeness (QED) is 0.0306. The number of hydrogen-bond acceptors (Lipinski definition) is 37. The van der Waals surface area contributed by atoms with Crippen molar-refractivity contribution in [2.75, 3.05) is 46.2 Å². The molecule has 0 aromatic rings. The lowest BCUT2D eigenvalue weighted by Gasteiger charge is -2.71. The van der Waals surface area contributed by atoms with Crippen molar-refractivity contribution in [1.29, 1.82) is 0 Å². The van der Waals surface area contributed by atoms with Crippen molar-refractivity contribution in [2.45, 2.75) is 328 Å². The Kier molecular flexibility index (Phi) is 25.8. The standard InChI is InChI=1S/C71H116O37/c1-66(2)14-16-71(65(94)108-62-53(92)48(87)42(81)34(103-62)25-97-59-50(89)45(84)39(78)30(20-73)99-59)17-15-69(6)26(27(71)18-66)8-9-36-68(5)12-11-37(67(3,4)35(68)10-13-70(36,69)7)104-64-57(107-61-52(91)47(86)41(80)33(102-61)24-96-58-49(88)44(83)38(77)29(19-72)98-58)55(28(76)23-95-64)105-63-54(93)56(43(82)32(22-75)101-63)106-60-51(90)46(85)40(79)31(21-74)100-60/h8,27-64,72-93H,9-25H2,1-7H3/t27-,28-,29+,30+,31+,32+,33+,34+,35-,36+,37-,38+,39+,40+,41+,42+,43+,44-,45-,46-,47-,48-,49+,50+,51+,52+,53+,54+,55-,56-,57+,58+,59+,60-,61-,62-,63-,64-,68-,69+,70+,71-/m0/s1. The van der Waals surface area contributed by atoms with Crippen LogP contribution in [0.25, 0.3) is 0 Å². The number of carbonyl (C=O) groups is 1. The van der Waals surface area contributed by atoms with Crippen molar-refractivity contribution in [3.05, 3.63) is 11.6 Å². The molecule has 622 valence electrons. The molecule has 42 atom stereocenters. The average molecular weight is 1560 g/mol. The zero-order valence-electron chi connectivity index (χ0n) is 61.5. The molecule has 108 heavy (non-hydrogen) atoms.